The number of carbonyl (C=O) groups excluding carboxylic acids is 1. The molecule has 1 fully saturated rings. The summed E-state index contributed by atoms with van der Waals surface area (Å²) in [6.45, 7) is 5.57. The van der Waals surface area contributed by atoms with Gasteiger partial charge in [-0.05, 0) is 17.9 Å². The summed E-state index contributed by atoms with van der Waals surface area (Å²) in [7, 11) is 0. The quantitative estimate of drug-likeness (QED) is 0.880. The molecule has 0 radical (unpaired) electrons. The molecule has 1 aliphatic rings. The van der Waals surface area contributed by atoms with Crippen LogP contribution in [0.4, 0.5) is 0 Å². The molecule has 1 saturated heterocycles. The number of hydrogen-bond acceptors (Lipinski definition) is 3. The highest BCUT2D eigenvalue weighted by molar-refractivity contribution is 5.85. The third-order valence-electron chi connectivity index (χ3n) is 3.87. The van der Waals surface area contributed by atoms with Gasteiger partial charge in [0.05, 0.1) is 0 Å². The van der Waals surface area contributed by atoms with Gasteiger partial charge >= 0.3 is 0 Å². The number of likely N-dealkylation sites (tertiary alicyclic amines) is 1. The van der Waals surface area contributed by atoms with Crippen LogP contribution < -0.4 is 11.3 Å². The van der Waals surface area contributed by atoms with Crippen molar-refractivity contribution in [1.82, 2.24) is 9.47 Å². The van der Waals surface area contributed by atoms with Crippen LogP contribution in [0.2, 0.25) is 0 Å². The highest BCUT2D eigenvalue weighted by Gasteiger charge is 2.35. The fourth-order valence-corrected chi connectivity index (χ4v) is 2.42. The molecule has 20 heavy (non-hydrogen) atoms. The average Bonchev–Trinajstić information content (AvgIpc) is 2.35. The predicted molar refractivity (Wildman–Crippen MR) is 80.9 cm³/mol. The highest BCUT2D eigenvalue weighted by atomic mass is 35.5. The van der Waals surface area contributed by atoms with E-state index in [1.54, 1.807) is 18.3 Å². The van der Waals surface area contributed by atoms with Crippen molar-refractivity contribution in [2.24, 2.45) is 11.1 Å². The minimum atomic E-state index is -0.149. The number of amides is 1. The van der Waals surface area contributed by atoms with Crippen molar-refractivity contribution in [3.8, 4) is 0 Å². The van der Waals surface area contributed by atoms with Gasteiger partial charge in [-0.1, -0.05) is 19.9 Å². The maximum absolute atomic E-state index is 12.2. The van der Waals surface area contributed by atoms with Gasteiger partial charge in [0.1, 0.15) is 6.54 Å². The molecule has 1 aliphatic heterocycles. The Balaban J connectivity index is 0.00000200. The number of rotatable bonds is 2. The van der Waals surface area contributed by atoms with Gasteiger partial charge in [0.25, 0.3) is 5.56 Å². The van der Waals surface area contributed by atoms with E-state index in [0.717, 1.165) is 6.42 Å². The summed E-state index contributed by atoms with van der Waals surface area (Å²) in [5.41, 5.74) is 5.84. The van der Waals surface area contributed by atoms with Crippen LogP contribution in [0.15, 0.2) is 29.2 Å². The van der Waals surface area contributed by atoms with Crippen LogP contribution in [0.3, 0.4) is 0 Å². The lowest BCUT2D eigenvalue weighted by atomic mass is 9.79. The average molecular weight is 300 g/mol. The van der Waals surface area contributed by atoms with Gasteiger partial charge in [0, 0.05) is 31.4 Å². The van der Waals surface area contributed by atoms with Crippen molar-refractivity contribution in [3.63, 3.8) is 0 Å². The van der Waals surface area contributed by atoms with Crippen molar-refractivity contribution in [2.75, 3.05) is 13.1 Å². The van der Waals surface area contributed by atoms with Crippen LogP contribution in [0, 0.1) is 5.41 Å². The molecule has 1 unspecified atom stereocenters. The third kappa shape index (κ3) is 3.61. The van der Waals surface area contributed by atoms with Gasteiger partial charge in [-0.3, -0.25) is 9.59 Å². The first kappa shape index (κ1) is 16.7. The van der Waals surface area contributed by atoms with E-state index >= 15 is 0 Å². The van der Waals surface area contributed by atoms with E-state index in [2.05, 4.69) is 13.8 Å². The largest absolute Gasteiger partial charge is 0.340 e. The van der Waals surface area contributed by atoms with Gasteiger partial charge in [-0.25, -0.2) is 0 Å². The molecule has 112 valence electrons. The standard InChI is InChI=1S/C14H21N3O2.ClH/c1-14(2)10-17(8-6-11(14)15)13(19)9-16-7-4-3-5-12(16)18;/h3-5,7,11H,6,8-10,15H2,1-2H3;1H. The first-order valence-corrected chi connectivity index (χ1v) is 6.59. The number of carbonyl (C=O) groups is 1. The van der Waals surface area contributed by atoms with E-state index in [1.165, 1.54) is 10.6 Å². The Morgan fingerprint density at radius 1 is 1.45 bits per heavy atom. The molecule has 1 aromatic heterocycles. The Labute approximate surface area is 125 Å². The number of halogens is 1. The summed E-state index contributed by atoms with van der Waals surface area (Å²) in [6, 6.07) is 5.01. The smallest absolute Gasteiger partial charge is 0.250 e. The van der Waals surface area contributed by atoms with Gasteiger partial charge in [-0.15, -0.1) is 12.4 Å². The third-order valence-corrected chi connectivity index (χ3v) is 3.87. The molecule has 0 aliphatic carbocycles. The zero-order chi connectivity index (χ0) is 14.0. The normalized spacial score (nSPS) is 21.1. The van der Waals surface area contributed by atoms with Crippen molar-refractivity contribution in [2.45, 2.75) is 32.9 Å². The molecule has 1 aromatic rings. The maximum atomic E-state index is 12.2. The van der Waals surface area contributed by atoms with E-state index in [0.29, 0.717) is 13.1 Å². The SMILES string of the molecule is CC1(C)CN(C(=O)Cn2ccccc2=O)CCC1N.Cl. The topological polar surface area (TPSA) is 68.3 Å². The van der Waals surface area contributed by atoms with Crippen LogP contribution in [0.5, 0.6) is 0 Å². The molecule has 1 amide bonds. The number of nitrogens with zero attached hydrogens (tertiary/aromatic N) is 2. The minimum absolute atomic E-state index is 0. The Morgan fingerprint density at radius 3 is 2.75 bits per heavy atom. The van der Waals surface area contributed by atoms with Gasteiger partial charge in [0.15, 0.2) is 0 Å². The summed E-state index contributed by atoms with van der Waals surface area (Å²) in [4.78, 5) is 25.6. The monoisotopic (exact) mass is 299 g/mol. The highest BCUT2D eigenvalue weighted by Crippen LogP contribution is 2.27. The maximum Gasteiger partial charge on any atom is 0.250 e. The number of hydrogen-bond donors (Lipinski definition) is 1. The second-order valence-corrected chi connectivity index (χ2v) is 5.87. The number of nitrogens with two attached hydrogens (primary N) is 1. The molecule has 0 bridgehead atoms. The molecule has 2 heterocycles. The fraction of sp³-hybridized carbons (Fsp3) is 0.571. The van der Waals surface area contributed by atoms with Gasteiger partial charge in [0.2, 0.25) is 5.91 Å². The zero-order valence-electron chi connectivity index (χ0n) is 11.9. The summed E-state index contributed by atoms with van der Waals surface area (Å²) >= 11 is 0. The Kier molecular flexibility index (Phi) is 5.36. The van der Waals surface area contributed by atoms with Crippen molar-refractivity contribution in [1.29, 1.82) is 0 Å². The number of aromatic nitrogens is 1. The summed E-state index contributed by atoms with van der Waals surface area (Å²) in [6.07, 6.45) is 2.45. The Bertz CT molecular complexity index is 527. The van der Waals surface area contributed by atoms with E-state index < -0.39 is 0 Å². The second-order valence-electron chi connectivity index (χ2n) is 5.87. The Hall–Kier alpha value is -1.33. The predicted octanol–water partition coefficient (Wildman–Crippen LogP) is 0.856. The van der Waals surface area contributed by atoms with Crippen molar-refractivity contribution in [3.05, 3.63) is 34.7 Å². The molecule has 0 spiro atoms. The summed E-state index contributed by atoms with van der Waals surface area (Å²) < 4.78 is 1.43. The van der Waals surface area contributed by atoms with Crippen LogP contribution in [0.25, 0.3) is 0 Å². The molecular formula is C14H22ClN3O2. The Morgan fingerprint density at radius 2 is 2.15 bits per heavy atom. The number of piperidine rings is 1. The van der Waals surface area contributed by atoms with Crippen molar-refractivity contribution >= 4 is 18.3 Å². The lowest BCUT2D eigenvalue weighted by Gasteiger charge is -2.42. The van der Waals surface area contributed by atoms with E-state index in [1.807, 2.05) is 4.90 Å². The second kappa shape index (κ2) is 6.41. The molecule has 2 rings (SSSR count). The molecule has 0 aromatic carbocycles. The summed E-state index contributed by atoms with van der Waals surface area (Å²) in [5, 5.41) is 0. The summed E-state index contributed by atoms with van der Waals surface area (Å²) in [5.74, 6) is -0.0201. The molecule has 0 saturated carbocycles. The van der Waals surface area contributed by atoms with Gasteiger partial charge < -0.3 is 15.2 Å². The van der Waals surface area contributed by atoms with E-state index in [4.69, 9.17) is 5.73 Å². The zero-order valence-corrected chi connectivity index (χ0v) is 12.7. The molecule has 6 heteroatoms. The lowest BCUT2D eigenvalue weighted by Crippen LogP contribution is -2.54. The van der Waals surface area contributed by atoms with Crippen LogP contribution in [-0.2, 0) is 11.3 Å². The van der Waals surface area contributed by atoms with Crippen LogP contribution >= 0.6 is 12.4 Å². The molecule has 2 N–H and O–H groups in total. The molecule has 5 nitrogen and oxygen atoms in total. The van der Waals surface area contributed by atoms with E-state index in [-0.39, 0.29) is 41.9 Å². The first-order chi connectivity index (χ1) is 8.90. The van der Waals surface area contributed by atoms with Gasteiger partial charge in [-0.2, -0.15) is 0 Å². The molecular weight excluding hydrogens is 278 g/mol. The van der Waals surface area contributed by atoms with Crippen LogP contribution in [0.1, 0.15) is 20.3 Å². The fourth-order valence-electron chi connectivity index (χ4n) is 2.42. The van der Waals surface area contributed by atoms with Crippen LogP contribution in [-0.4, -0.2) is 34.5 Å². The molecule has 1 atom stereocenters. The minimum Gasteiger partial charge on any atom is -0.340 e. The first-order valence-electron chi connectivity index (χ1n) is 6.59. The van der Waals surface area contributed by atoms with E-state index in [9.17, 15) is 9.59 Å². The lowest BCUT2D eigenvalue weighted by molar-refractivity contribution is -0.135. The van der Waals surface area contributed by atoms with Crippen molar-refractivity contribution < 1.29 is 4.79 Å². The number of pyridine rings is 1.